The summed E-state index contributed by atoms with van der Waals surface area (Å²) in [5, 5.41) is 9.94. The zero-order valence-corrected chi connectivity index (χ0v) is 12.1. The molecule has 0 radical (unpaired) electrons. The lowest BCUT2D eigenvalue weighted by Gasteiger charge is -2.29. The summed E-state index contributed by atoms with van der Waals surface area (Å²) in [5.41, 5.74) is 0.955. The zero-order valence-electron chi connectivity index (χ0n) is 12.1. The second-order valence-corrected chi connectivity index (χ2v) is 4.61. The Balaban J connectivity index is 2.69. The smallest absolute Gasteiger partial charge is 0.120 e. The molecule has 0 heterocycles. The molecule has 4 nitrogen and oxygen atoms in total. The van der Waals surface area contributed by atoms with Crippen LogP contribution >= 0.6 is 0 Å². The van der Waals surface area contributed by atoms with E-state index in [9.17, 15) is 5.11 Å². The van der Waals surface area contributed by atoms with Crippen molar-refractivity contribution < 1.29 is 14.6 Å². The van der Waals surface area contributed by atoms with Crippen molar-refractivity contribution in [3.05, 3.63) is 29.8 Å². The lowest BCUT2D eigenvalue weighted by molar-refractivity contribution is 0.110. The second kappa shape index (κ2) is 8.91. The molecule has 0 aliphatic heterocycles. The molecule has 0 aliphatic carbocycles. The summed E-state index contributed by atoms with van der Waals surface area (Å²) in [7, 11) is 3.42. The maximum atomic E-state index is 9.94. The number of methoxy groups -OCH3 is 2. The number of nitrogens with zero attached hydrogens (tertiary/aromatic N) is 1. The minimum Gasteiger partial charge on any atom is -0.508 e. The van der Waals surface area contributed by atoms with Crippen molar-refractivity contribution in [3.8, 4) is 5.75 Å². The molecule has 19 heavy (non-hydrogen) atoms. The van der Waals surface area contributed by atoms with Gasteiger partial charge in [-0.25, -0.2) is 0 Å². The van der Waals surface area contributed by atoms with Gasteiger partial charge in [-0.05, 0) is 19.4 Å². The molecule has 1 N–H and O–H groups in total. The number of phenolic OH excluding ortho intramolecular Hbond substituents is 1. The molecule has 0 saturated heterocycles. The number of ether oxygens (including phenoxy) is 2. The molecule has 0 saturated carbocycles. The Morgan fingerprint density at radius 1 is 1.11 bits per heavy atom. The van der Waals surface area contributed by atoms with Crippen LogP contribution in [0.3, 0.4) is 0 Å². The van der Waals surface area contributed by atoms with Crippen LogP contribution in [-0.4, -0.2) is 50.5 Å². The van der Waals surface area contributed by atoms with Crippen LogP contribution in [0.2, 0.25) is 0 Å². The molecule has 0 aliphatic rings. The maximum absolute atomic E-state index is 9.94. The van der Waals surface area contributed by atoms with Gasteiger partial charge >= 0.3 is 0 Å². The summed E-state index contributed by atoms with van der Waals surface area (Å²) in [5.74, 6) is 0.351. The van der Waals surface area contributed by atoms with Crippen molar-refractivity contribution in [1.29, 1.82) is 0 Å². The minimum atomic E-state index is 0.160. The van der Waals surface area contributed by atoms with Gasteiger partial charge in [0, 0.05) is 45.5 Å². The molecular formula is C15H25NO3. The number of hydrogen-bond donors (Lipinski definition) is 1. The molecule has 108 valence electrons. The summed E-state index contributed by atoms with van der Waals surface area (Å²) in [6.45, 7) is 5.31. The van der Waals surface area contributed by atoms with Gasteiger partial charge in [0.25, 0.3) is 0 Å². The van der Waals surface area contributed by atoms with Gasteiger partial charge in [0.15, 0.2) is 0 Å². The van der Waals surface area contributed by atoms with E-state index < -0.39 is 0 Å². The number of phenols is 1. The van der Waals surface area contributed by atoms with Crippen LogP contribution in [0.1, 0.15) is 24.9 Å². The molecule has 0 aromatic heterocycles. The fourth-order valence-electron chi connectivity index (χ4n) is 2.16. The highest BCUT2D eigenvalue weighted by Crippen LogP contribution is 2.27. The van der Waals surface area contributed by atoms with E-state index in [0.717, 1.165) is 31.7 Å². The average molecular weight is 267 g/mol. The Kier molecular flexibility index (Phi) is 7.48. The number of rotatable bonds is 9. The lowest BCUT2D eigenvalue weighted by atomic mass is 10.1. The monoisotopic (exact) mass is 267 g/mol. The fraction of sp³-hybridized carbons (Fsp3) is 0.600. The van der Waals surface area contributed by atoms with Gasteiger partial charge in [0.05, 0.1) is 6.61 Å². The van der Waals surface area contributed by atoms with Crippen molar-refractivity contribution in [3.63, 3.8) is 0 Å². The Labute approximate surface area is 115 Å². The summed E-state index contributed by atoms with van der Waals surface area (Å²) < 4.78 is 10.3. The van der Waals surface area contributed by atoms with Crippen LogP contribution in [0, 0.1) is 0 Å². The van der Waals surface area contributed by atoms with Crippen LogP contribution in [-0.2, 0) is 9.47 Å². The van der Waals surface area contributed by atoms with Crippen molar-refractivity contribution in [2.24, 2.45) is 0 Å². The van der Waals surface area contributed by atoms with E-state index in [1.807, 2.05) is 18.2 Å². The molecule has 1 rings (SSSR count). The predicted octanol–water partition coefficient (Wildman–Crippen LogP) is 2.44. The van der Waals surface area contributed by atoms with Crippen LogP contribution in [0.25, 0.3) is 0 Å². The standard InChI is InChI=1S/C15H25NO3/c1-13(14-7-4-5-8-15(14)17)16(10-12-19-3)9-6-11-18-2/h4-5,7-8,13,17H,6,9-12H2,1-3H3. The molecular weight excluding hydrogens is 242 g/mol. The third kappa shape index (κ3) is 5.19. The first-order valence-electron chi connectivity index (χ1n) is 6.70. The molecule has 1 atom stereocenters. The lowest BCUT2D eigenvalue weighted by Crippen LogP contribution is -2.32. The summed E-state index contributed by atoms with van der Waals surface area (Å²) >= 11 is 0. The Hall–Kier alpha value is -1.10. The third-order valence-electron chi connectivity index (χ3n) is 3.31. The van der Waals surface area contributed by atoms with Crippen LogP contribution in [0.4, 0.5) is 0 Å². The highest BCUT2D eigenvalue weighted by Gasteiger charge is 2.17. The predicted molar refractivity (Wildman–Crippen MR) is 76.5 cm³/mol. The van der Waals surface area contributed by atoms with E-state index in [-0.39, 0.29) is 6.04 Å². The number of benzene rings is 1. The Bertz CT molecular complexity index is 357. The highest BCUT2D eigenvalue weighted by atomic mass is 16.5. The number of aromatic hydroxyl groups is 1. The molecule has 1 aromatic rings. The van der Waals surface area contributed by atoms with Crippen molar-refractivity contribution >= 4 is 0 Å². The largest absolute Gasteiger partial charge is 0.508 e. The highest BCUT2D eigenvalue weighted by molar-refractivity contribution is 5.34. The summed E-state index contributed by atoms with van der Waals surface area (Å²) in [6.07, 6.45) is 0.970. The van der Waals surface area contributed by atoms with E-state index in [1.165, 1.54) is 0 Å². The normalized spacial score (nSPS) is 12.8. The summed E-state index contributed by atoms with van der Waals surface area (Å²) in [6, 6.07) is 7.66. The van der Waals surface area contributed by atoms with Gasteiger partial charge in [-0.1, -0.05) is 18.2 Å². The molecule has 0 spiro atoms. The quantitative estimate of drug-likeness (QED) is 0.698. The number of para-hydroxylation sites is 1. The van der Waals surface area contributed by atoms with Crippen molar-refractivity contribution in [2.45, 2.75) is 19.4 Å². The van der Waals surface area contributed by atoms with Gasteiger partial charge in [0.1, 0.15) is 5.75 Å². The van der Waals surface area contributed by atoms with E-state index in [0.29, 0.717) is 12.4 Å². The zero-order chi connectivity index (χ0) is 14.1. The third-order valence-corrected chi connectivity index (χ3v) is 3.31. The SMILES string of the molecule is COCCCN(CCOC)C(C)c1ccccc1O. The van der Waals surface area contributed by atoms with Crippen LogP contribution in [0.15, 0.2) is 24.3 Å². The van der Waals surface area contributed by atoms with Crippen molar-refractivity contribution in [2.75, 3.05) is 40.5 Å². The molecule has 0 bridgehead atoms. The Morgan fingerprint density at radius 3 is 2.42 bits per heavy atom. The van der Waals surface area contributed by atoms with Crippen LogP contribution < -0.4 is 0 Å². The van der Waals surface area contributed by atoms with Gasteiger partial charge in [-0.2, -0.15) is 0 Å². The van der Waals surface area contributed by atoms with Gasteiger partial charge < -0.3 is 14.6 Å². The average Bonchev–Trinajstić information content (AvgIpc) is 2.42. The van der Waals surface area contributed by atoms with E-state index in [4.69, 9.17) is 9.47 Å². The summed E-state index contributed by atoms with van der Waals surface area (Å²) in [4.78, 5) is 2.30. The first-order chi connectivity index (χ1) is 9.20. The van der Waals surface area contributed by atoms with E-state index >= 15 is 0 Å². The van der Waals surface area contributed by atoms with Crippen molar-refractivity contribution in [1.82, 2.24) is 4.90 Å². The Morgan fingerprint density at radius 2 is 1.79 bits per heavy atom. The van der Waals surface area contributed by atoms with Gasteiger partial charge in [-0.3, -0.25) is 4.90 Å². The number of hydrogen-bond acceptors (Lipinski definition) is 4. The van der Waals surface area contributed by atoms with Crippen LogP contribution in [0.5, 0.6) is 5.75 Å². The second-order valence-electron chi connectivity index (χ2n) is 4.61. The van der Waals surface area contributed by atoms with E-state index in [2.05, 4.69) is 11.8 Å². The van der Waals surface area contributed by atoms with Gasteiger partial charge in [0.2, 0.25) is 0 Å². The fourth-order valence-corrected chi connectivity index (χ4v) is 2.16. The molecule has 0 amide bonds. The first kappa shape index (κ1) is 16.0. The minimum absolute atomic E-state index is 0.160. The maximum Gasteiger partial charge on any atom is 0.120 e. The molecule has 4 heteroatoms. The first-order valence-corrected chi connectivity index (χ1v) is 6.70. The molecule has 1 aromatic carbocycles. The topological polar surface area (TPSA) is 41.9 Å². The van der Waals surface area contributed by atoms with Gasteiger partial charge in [-0.15, -0.1) is 0 Å². The molecule has 1 unspecified atom stereocenters. The molecule has 0 fully saturated rings. The van der Waals surface area contributed by atoms with E-state index in [1.54, 1.807) is 20.3 Å².